The Balaban J connectivity index is 1.39. The van der Waals surface area contributed by atoms with Gasteiger partial charge in [0, 0.05) is 71.6 Å². The van der Waals surface area contributed by atoms with Gasteiger partial charge in [-0.05, 0) is 31.0 Å². The van der Waals surface area contributed by atoms with Gasteiger partial charge in [-0.1, -0.05) is 25.4 Å². The second-order valence-electron chi connectivity index (χ2n) is 8.18. The minimum Gasteiger partial charge on any atom is -0.356 e. The molecule has 1 aromatic rings. The Morgan fingerprint density at radius 1 is 1.28 bits per heavy atom. The summed E-state index contributed by atoms with van der Waals surface area (Å²) in [5.41, 5.74) is 0. The molecule has 2 N–H and O–H groups in total. The summed E-state index contributed by atoms with van der Waals surface area (Å²) in [4.78, 5) is 16.2. The van der Waals surface area contributed by atoms with Crippen LogP contribution in [0.4, 0.5) is 5.82 Å². The zero-order chi connectivity index (χ0) is 20.6. The number of hydrogen-bond donors (Lipinski definition) is 2. The monoisotopic (exact) mass is 421 g/mol. The first-order valence-corrected chi connectivity index (χ1v) is 11.2. The molecular formula is C21H36ClN7. The molecule has 3 rings (SSSR count). The summed E-state index contributed by atoms with van der Waals surface area (Å²) in [5, 5.41) is 7.79. The van der Waals surface area contributed by atoms with Gasteiger partial charge in [0.05, 0.1) is 5.02 Å². The summed E-state index contributed by atoms with van der Waals surface area (Å²) >= 11 is 6.30. The number of anilines is 1. The lowest BCUT2D eigenvalue weighted by Gasteiger charge is -2.35. The molecule has 0 aliphatic carbocycles. The van der Waals surface area contributed by atoms with E-state index >= 15 is 0 Å². The first-order valence-electron chi connectivity index (χ1n) is 10.9. The molecule has 7 nitrogen and oxygen atoms in total. The van der Waals surface area contributed by atoms with Gasteiger partial charge >= 0.3 is 0 Å². The molecule has 1 aromatic heterocycles. The number of aliphatic imine (C=N–C) groups is 1. The fraction of sp³-hybridized carbons (Fsp3) is 0.714. The van der Waals surface area contributed by atoms with E-state index in [1.54, 1.807) is 6.20 Å². The number of guanidine groups is 1. The van der Waals surface area contributed by atoms with Crippen LogP contribution >= 0.6 is 11.6 Å². The first-order chi connectivity index (χ1) is 14.1. The normalized spacial score (nSPS) is 22.7. The molecule has 2 aliphatic rings. The Bertz CT molecular complexity index is 660. The van der Waals surface area contributed by atoms with Crippen molar-refractivity contribution in [3.8, 4) is 0 Å². The number of hydrogen-bond acceptors (Lipinski definition) is 5. The molecule has 3 heterocycles. The van der Waals surface area contributed by atoms with Gasteiger partial charge in [-0.15, -0.1) is 0 Å². The number of nitrogens with one attached hydrogen (secondary N) is 2. The Morgan fingerprint density at radius 3 is 2.72 bits per heavy atom. The predicted molar refractivity (Wildman–Crippen MR) is 122 cm³/mol. The molecule has 2 unspecified atom stereocenters. The molecule has 0 amide bonds. The summed E-state index contributed by atoms with van der Waals surface area (Å²) in [7, 11) is 1.84. The second kappa shape index (κ2) is 11.0. The highest BCUT2D eigenvalue weighted by atomic mass is 35.5. The fourth-order valence-electron chi connectivity index (χ4n) is 4.13. The maximum Gasteiger partial charge on any atom is 0.191 e. The largest absolute Gasteiger partial charge is 0.356 e. The van der Waals surface area contributed by atoms with Crippen molar-refractivity contribution in [1.29, 1.82) is 0 Å². The molecule has 0 spiro atoms. The second-order valence-corrected chi connectivity index (χ2v) is 8.59. The highest BCUT2D eigenvalue weighted by Gasteiger charge is 2.25. The molecular weight excluding hydrogens is 386 g/mol. The van der Waals surface area contributed by atoms with E-state index in [1.165, 1.54) is 26.2 Å². The van der Waals surface area contributed by atoms with Crippen molar-refractivity contribution < 1.29 is 0 Å². The van der Waals surface area contributed by atoms with E-state index in [9.17, 15) is 0 Å². The highest BCUT2D eigenvalue weighted by molar-refractivity contribution is 6.32. The van der Waals surface area contributed by atoms with Crippen molar-refractivity contribution in [3.05, 3.63) is 23.4 Å². The van der Waals surface area contributed by atoms with Crippen LogP contribution in [0.1, 0.15) is 20.3 Å². The first kappa shape index (κ1) is 22.1. The van der Waals surface area contributed by atoms with Crippen LogP contribution in [-0.4, -0.2) is 92.7 Å². The Morgan fingerprint density at radius 2 is 2.03 bits per heavy atom. The zero-order valence-electron chi connectivity index (χ0n) is 18.1. The smallest absolute Gasteiger partial charge is 0.191 e. The quantitative estimate of drug-likeness (QED) is 0.516. The van der Waals surface area contributed by atoms with Crippen LogP contribution in [-0.2, 0) is 0 Å². The third kappa shape index (κ3) is 6.46. The molecule has 8 heteroatoms. The van der Waals surface area contributed by atoms with Crippen molar-refractivity contribution >= 4 is 23.4 Å². The predicted octanol–water partition coefficient (Wildman–Crippen LogP) is 1.75. The number of rotatable bonds is 7. The summed E-state index contributed by atoms with van der Waals surface area (Å²) in [5.74, 6) is 2.33. The summed E-state index contributed by atoms with van der Waals surface area (Å²) in [6, 6.07) is 4.11. The highest BCUT2D eigenvalue weighted by Crippen LogP contribution is 2.25. The van der Waals surface area contributed by atoms with Gasteiger partial charge in [0.15, 0.2) is 5.96 Å². The van der Waals surface area contributed by atoms with E-state index in [0.717, 1.165) is 50.9 Å². The van der Waals surface area contributed by atoms with Crippen LogP contribution in [0.5, 0.6) is 0 Å². The minimum atomic E-state index is 0.344. The number of pyridine rings is 1. The van der Waals surface area contributed by atoms with Crippen LogP contribution in [0.2, 0.25) is 5.02 Å². The number of likely N-dealkylation sites (N-methyl/N-ethyl adjacent to an activating group) is 1. The van der Waals surface area contributed by atoms with Gasteiger partial charge in [0.25, 0.3) is 0 Å². The van der Waals surface area contributed by atoms with E-state index in [-0.39, 0.29) is 0 Å². The van der Waals surface area contributed by atoms with Crippen molar-refractivity contribution in [1.82, 2.24) is 25.4 Å². The Labute approximate surface area is 180 Å². The van der Waals surface area contributed by atoms with E-state index in [1.807, 2.05) is 19.2 Å². The summed E-state index contributed by atoms with van der Waals surface area (Å²) in [6.45, 7) is 14.4. The molecule has 0 saturated carbocycles. The number of nitrogens with zero attached hydrogens (tertiary/aromatic N) is 5. The molecule has 162 valence electrons. The van der Waals surface area contributed by atoms with Crippen molar-refractivity contribution in [2.24, 2.45) is 10.9 Å². The van der Waals surface area contributed by atoms with Gasteiger partial charge in [-0.25, -0.2) is 4.98 Å². The van der Waals surface area contributed by atoms with Crippen molar-refractivity contribution in [2.75, 3.05) is 70.9 Å². The Kier molecular flexibility index (Phi) is 8.39. The molecule has 0 radical (unpaired) electrons. The van der Waals surface area contributed by atoms with Crippen LogP contribution in [0, 0.1) is 5.92 Å². The molecule has 0 bridgehead atoms. The van der Waals surface area contributed by atoms with E-state index < -0.39 is 0 Å². The molecule has 2 fully saturated rings. The van der Waals surface area contributed by atoms with Crippen LogP contribution < -0.4 is 15.5 Å². The summed E-state index contributed by atoms with van der Waals surface area (Å²) in [6.07, 6.45) is 2.84. The maximum atomic E-state index is 6.30. The molecule has 2 saturated heterocycles. The van der Waals surface area contributed by atoms with Gasteiger partial charge in [-0.2, -0.15) is 0 Å². The third-order valence-corrected chi connectivity index (χ3v) is 6.19. The van der Waals surface area contributed by atoms with Crippen LogP contribution in [0.15, 0.2) is 23.3 Å². The van der Waals surface area contributed by atoms with Crippen molar-refractivity contribution in [2.45, 2.75) is 26.3 Å². The molecule has 0 aromatic carbocycles. The SMILES string of the molecule is CCN1CCN(CC(C)CNC(=NC)NC2CCN(c3ncccc3Cl)C2)CC1. The lowest BCUT2D eigenvalue weighted by Crippen LogP contribution is -2.49. The van der Waals surface area contributed by atoms with Gasteiger partial charge in [-0.3, -0.25) is 4.99 Å². The molecule has 29 heavy (non-hydrogen) atoms. The number of piperazine rings is 1. The number of aromatic nitrogens is 1. The average molecular weight is 422 g/mol. The molecule has 2 atom stereocenters. The number of halogens is 1. The topological polar surface area (TPSA) is 59.0 Å². The van der Waals surface area contributed by atoms with E-state index in [2.05, 4.69) is 49.2 Å². The fourth-order valence-corrected chi connectivity index (χ4v) is 4.37. The van der Waals surface area contributed by atoms with Crippen LogP contribution in [0.25, 0.3) is 0 Å². The average Bonchev–Trinajstić information content (AvgIpc) is 3.20. The summed E-state index contributed by atoms with van der Waals surface area (Å²) < 4.78 is 0. The third-order valence-electron chi connectivity index (χ3n) is 5.89. The lowest BCUT2D eigenvalue weighted by atomic mass is 10.1. The van der Waals surface area contributed by atoms with Gasteiger partial charge < -0.3 is 25.3 Å². The minimum absolute atomic E-state index is 0.344. The Hall–Kier alpha value is -1.57. The maximum absolute atomic E-state index is 6.30. The lowest BCUT2D eigenvalue weighted by molar-refractivity contribution is 0.124. The van der Waals surface area contributed by atoms with Gasteiger partial charge in [0.1, 0.15) is 5.82 Å². The van der Waals surface area contributed by atoms with E-state index in [0.29, 0.717) is 17.0 Å². The molecule has 2 aliphatic heterocycles. The standard InChI is InChI=1S/C21H36ClN7/c1-4-27-10-12-28(13-11-27)15-17(2)14-25-21(23-3)26-18-7-9-29(16-18)20-19(22)6-5-8-24-20/h5-6,8,17-18H,4,7,9-16H2,1-3H3,(H2,23,25,26). The van der Waals surface area contributed by atoms with Gasteiger partial charge in [0.2, 0.25) is 0 Å². The van der Waals surface area contributed by atoms with Crippen LogP contribution in [0.3, 0.4) is 0 Å². The van der Waals surface area contributed by atoms with E-state index in [4.69, 9.17) is 11.6 Å². The zero-order valence-corrected chi connectivity index (χ0v) is 18.8. The van der Waals surface area contributed by atoms with Crippen molar-refractivity contribution in [3.63, 3.8) is 0 Å².